The van der Waals surface area contributed by atoms with Gasteiger partial charge in [0.15, 0.2) is 5.15 Å². The lowest BCUT2D eigenvalue weighted by Gasteiger charge is -2.23. The molecule has 5 heteroatoms. The van der Waals surface area contributed by atoms with Crippen molar-refractivity contribution in [1.29, 1.82) is 0 Å². The monoisotopic (exact) mass is 255 g/mol. The molecule has 4 nitrogen and oxygen atoms in total. The van der Waals surface area contributed by atoms with Gasteiger partial charge in [-0.15, -0.1) is 0 Å². The fraction of sp³-hybridized carbons (Fsp3) is 0.750. The van der Waals surface area contributed by atoms with Crippen molar-refractivity contribution < 1.29 is 5.11 Å². The smallest absolute Gasteiger partial charge is 0.150 e. The molecule has 17 heavy (non-hydrogen) atoms. The van der Waals surface area contributed by atoms with E-state index in [1.165, 1.54) is 0 Å². The maximum Gasteiger partial charge on any atom is 0.150 e. The molecule has 0 radical (unpaired) electrons. The zero-order valence-electron chi connectivity index (χ0n) is 10.1. The van der Waals surface area contributed by atoms with Crippen LogP contribution in [-0.2, 0) is 13.0 Å². The molecule has 2 aliphatic heterocycles. The summed E-state index contributed by atoms with van der Waals surface area (Å²) in [6.45, 7) is 2.82. The number of aromatic nitrogens is 2. The second-order valence-corrected chi connectivity index (χ2v) is 5.62. The lowest BCUT2D eigenvalue weighted by molar-refractivity contribution is 0.129. The summed E-state index contributed by atoms with van der Waals surface area (Å²) in [5.74, 6) is 1.55. The van der Waals surface area contributed by atoms with Crippen molar-refractivity contribution in [2.45, 2.75) is 37.8 Å². The number of nitrogens with zero attached hydrogens (tertiary/aromatic N) is 3. The molecular weight excluding hydrogens is 238 g/mol. The maximum absolute atomic E-state index is 9.78. The number of likely N-dealkylation sites (N-methyl/N-ethyl adjacent to an activating group) is 1. The summed E-state index contributed by atoms with van der Waals surface area (Å²) in [6, 6.07) is 0. The van der Waals surface area contributed by atoms with Crippen LogP contribution in [0.2, 0.25) is 5.15 Å². The van der Waals surface area contributed by atoms with Crippen LogP contribution in [0.25, 0.3) is 0 Å². The van der Waals surface area contributed by atoms with Crippen molar-refractivity contribution in [2.24, 2.45) is 0 Å². The van der Waals surface area contributed by atoms with Gasteiger partial charge >= 0.3 is 0 Å². The lowest BCUT2D eigenvalue weighted by Crippen LogP contribution is -2.26. The van der Waals surface area contributed by atoms with E-state index in [1.807, 2.05) is 0 Å². The van der Waals surface area contributed by atoms with Gasteiger partial charge in [0, 0.05) is 12.5 Å². The van der Waals surface area contributed by atoms with Gasteiger partial charge in [0.05, 0.1) is 18.3 Å². The Balaban J connectivity index is 1.95. The molecular formula is C12H18ClN3O. The number of aliphatic hydroxyl groups is 1. The van der Waals surface area contributed by atoms with Gasteiger partial charge in [-0.3, -0.25) is 0 Å². The largest absolute Gasteiger partial charge is 0.391 e. The summed E-state index contributed by atoms with van der Waals surface area (Å²) in [5.41, 5.74) is 1.11. The number of fused-ring (bicyclic) bond motifs is 1. The summed E-state index contributed by atoms with van der Waals surface area (Å²) in [7, 11) is 2.14. The summed E-state index contributed by atoms with van der Waals surface area (Å²) >= 11 is 6.20. The summed E-state index contributed by atoms with van der Waals surface area (Å²) in [6.07, 6.45) is 2.54. The zero-order valence-corrected chi connectivity index (χ0v) is 10.8. The summed E-state index contributed by atoms with van der Waals surface area (Å²) in [4.78, 5) is 6.85. The number of aliphatic hydroxyl groups excluding tert-OH is 1. The Morgan fingerprint density at radius 2 is 2.18 bits per heavy atom. The molecule has 1 saturated heterocycles. The second-order valence-electron chi connectivity index (χ2n) is 5.26. The van der Waals surface area contributed by atoms with Crippen LogP contribution in [-0.4, -0.2) is 45.8 Å². The Morgan fingerprint density at radius 3 is 2.88 bits per heavy atom. The fourth-order valence-electron chi connectivity index (χ4n) is 2.98. The third kappa shape index (κ3) is 1.98. The number of hydrogen-bond acceptors (Lipinski definition) is 3. The molecule has 1 fully saturated rings. The van der Waals surface area contributed by atoms with Gasteiger partial charge in [-0.2, -0.15) is 0 Å². The molecule has 0 amide bonds. The van der Waals surface area contributed by atoms with Gasteiger partial charge in [-0.1, -0.05) is 11.6 Å². The first-order valence-electron chi connectivity index (χ1n) is 6.26. The molecule has 2 aliphatic rings. The van der Waals surface area contributed by atoms with Crippen molar-refractivity contribution in [3.8, 4) is 0 Å². The number of imidazole rings is 1. The van der Waals surface area contributed by atoms with Gasteiger partial charge in [0.25, 0.3) is 0 Å². The van der Waals surface area contributed by atoms with Gasteiger partial charge in [-0.05, 0) is 32.9 Å². The van der Waals surface area contributed by atoms with E-state index < -0.39 is 0 Å². The normalized spacial score (nSPS) is 29.6. The molecule has 3 heterocycles. The highest BCUT2D eigenvalue weighted by molar-refractivity contribution is 6.30. The number of likely N-dealkylation sites (tertiary alicyclic amines) is 1. The maximum atomic E-state index is 9.78. The highest BCUT2D eigenvalue weighted by Crippen LogP contribution is 2.32. The van der Waals surface area contributed by atoms with E-state index in [0.717, 1.165) is 43.9 Å². The Kier molecular flexibility index (Phi) is 2.89. The standard InChI is InChI=1S/C12H18ClN3O/c1-15-5-4-8(6-15)12-14-11(13)10-3-2-9(17)7-16(10)12/h8-9,17H,2-7H2,1H3. The first kappa shape index (κ1) is 11.5. The molecule has 1 aromatic rings. The third-order valence-electron chi connectivity index (χ3n) is 3.92. The van der Waals surface area contributed by atoms with Crippen LogP contribution in [0.15, 0.2) is 0 Å². The molecule has 3 rings (SSSR count). The number of hydrogen-bond donors (Lipinski definition) is 1. The summed E-state index contributed by atoms with van der Waals surface area (Å²) < 4.78 is 2.15. The third-order valence-corrected chi connectivity index (χ3v) is 4.22. The number of halogens is 1. The van der Waals surface area contributed by atoms with Crippen molar-refractivity contribution in [3.63, 3.8) is 0 Å². The minimum atomic E-state index is -0.245. The first-order valence-corrected chi connectivity index (χ1v) is 6.64. The van der Waals surface area contributed by atoms with Crippen molar-refractivity contribution in [1.82, 2.24) is 14.5 Å². The molecule has 2 unspecified atom stereocenters. The average molecular weight is 256 g/mol. The Bertz CT molecular complexity index is 432. The van der Waals surface area contributed by atoms with E-state index in [0.29, 0.717) is 17.6 Å². The van der Waals surface area contributed by atoms with Crippen molar-refractivity contribution in [3.05, 3.63) is 16.7 Å². The molecule has 0 bridgehead atoms. The van der Waals surface area contributed by atoms with E-state index in [2.05, 4.69) is 21.5 Å². The van der Waals surface area contributed by atoms with Crippen molar-refractivity contribution >= 4 is 11.6 Å². The Hall–Kier alpha value is -0.580. The highest BCUT2D eigenvalue weighted by atomic mass is 35.5. The second kappa shape index (κ2) is 4.26. The molecule has 0 spiro atoms. The van der Waals surface area contributed by atoms with E-state index in [9.17, 15) is 5.11 Å². The average Bonchev–Trinajstić information content (AvgIpc) is 2.83. The van der Waals surface area contributed by atoms with Crippen LogP contribution in [0.1, 0.15) is 30.3 Å². The van der Waals surface area contributed by atoms with Crippen molar-refractivity contribution in [2.75, 3.05) is 20.1 Å². The summed E-state index contributed by atoms with van der Waals surface area (Å²) in [5, 5.41) is 10.4. The van der Waals surface area contributed by atoms with Crippen LogP contribution in [0.4, 0.5) is 0 Å². The Labute approximate surface area is 106 Å². The lowest BCUT2D eigenvalue weighted by atomic mass is 10.1. The van der Waals surface area contributed by atoms with Gasteiger partial charge < -0.3 is 14.6 Å². The predicted molar refractivity (Wildman–Crippen MR) is 66.4 cm³/mol. The quantitative estimate of drug-likeness (QED) is 0.822. The molecule has 0 saturated carbocycles. The number of rotatable bonds is 1. The van der Waals surface area contributed by atoms with Gasteiger partial charge in [-0.25, -0.2) is 4.98 Å². The van der Waals surface area contributed by atoms with Crippen LogP contribution in [0.3, 0.4) is 0 Å². The molecule has 1 N–H and O–H groups in total. The van der Waals surface area contributed by atoms with Crippen LogP contribution in [0, 0.1) is 0 Å². The van der Waals surface area contributed by atoms with E-state index in [1.54, 1.807) is 0 Å². The van der Waals surface area contributed by atoms with E-state index >= 15 is 0 Å². The fourth-order valence-corrected chi connectivity index (χ4v) is 3.26. The first-order chi connectivity index (χ1) is 8.15. The topological polar surface area (TPSA) is 41.3 Å². The SMILES string of the molecule is CN1CCC(c2nc(Cl)c3n2CC(O)CC3)C1. The highest BCUT2D eigenvalue weighted by Gasteiger charge is 2.30. The minimum Gasteiger partial charge on any atom is -0.391 e. The van der Waals surface area contributed by atoms with Crippen LogP contribution < -0.4 is 0 Å². The van der Waals surface area contributed by atoms with Crippen LogP contribution >= 0.6 is 11.6 Å². The van der Waals surface area contributed by atoms with Crippen LogP contribution in [0.5, 0.6) is 0 Å². The molecule has 0 aromatic carbocycles. The zero-order chi connectivity index (χ0) is 12.0. The van der Waals surface area contributed by atoms with E-state index in [4.69, 9.17) is 11.6 Å². The molecule has 94 valence electrons. The molecule has 2 atom stereocenters. The minimum absolute atomic E-state index is 0.245. The Morgan fingerprint density at radius 1 is 1.35 bits per heavy atom. The van der Waals surface area contributed by atoms with Gasteiger partial charge in [0.1, 0.15) is 5.82 Å². The molecule has 1 aromatic heterocycles. The predicted octanol–water partition coefficient (Wildman–Crippen LogP) is 1.26. The molecule has 0 aliphatic carbocycles. The van der Waals surface area contributed by atoms with E-state index in [-0.39, 0.29) is 6.10 Å². The van der Waals surface area contributed by atoms with Gasteiger partial charge in [0.2, 0.25) is 0 Å².